The van der Waals surface area contributed by atoms with Gasteiger partial charge >= 0.3 is 0 Å². The third kappa shape index (κ3) is 2.26. The molecule has 92 valence electrons. The molecule has 0 aliphatic rings. The van der Waals surface area contributed by atoms with Crippen LogP contribution in [-0.4, -0.2) is 9.38 Å². The average Bonchev–Trinajstić information content (AvgIpc) is 2.88. The standard InChI is InChI=1S/C12H8BrFN2OS/c13-10-5-8(14)1-2-11(10)17-7-9-6-16-3-4-18-12(16)15-9/h1-6H,7H2. The van der Waals surface area contributed by atoms with Crippen LogP contribution in [0.2, 0.25) is 0 Å². The zero-order valence-electron chi connectivity index (χ0n) is 9.14. The van der Waals surface area contributed by atoms with Gasteiger partial charge in [0.2, 0.25) is 0 Å². The number of hydrogen-bond donors (Lipinski definition) is 0. The first-order valence-electron chi connectivity index (χ1n) is 5.21. The van der Waals surface area contributed by atoms with Gasteiger partial charge in [-0.1, -0.05) is 0 Å². The van der Waals surface area contributed by atoms with Crippen LogP contribution < -0.4 is 4.74 Å². The molecule has 0 aliphatic heterocycles. The van der Waals surface area contributed by atoms with E-state index in [2.05, 4.69) is 20.9 Å². The van der Waals surface area contributed by atoms with Crippen LogP contribution in [0.1, 0.15) is 5.69 Å². The molecule has 0 aliphatic carbocycles. The minimum absolute atomic E-state index is 0.295. The second-order valence-electron chi connectivity index (χ2n) is 3.69. The molecule has 0 saturated carbocycles. The van der Waals surface area contributed by atoms with E-state index in [9.17, 15) is 4.39 Å². The van der Waals surface area contributed by atoms with Crippen LogP contribution in [0.3, 0.4) is 0 Å². The second kappa shape index (κ2) is 4.70. The summed E-state index contributed by atoms with van der Waals surface area (Å²) in [6.07, 6.45) is 3.87. The number of aromatic nitrogens is 2. The normalized spacial score (nSPS) is 11.0. The Morgan fingerprint density at radius 3 is 3.11 bits per heavy atom. The predicted molar refractivity (Wildman–Crippen MR) is 71.5 cm³/mol. The predicted octanol–water partition coefficient (Wildman–Crippen LogP) is 3.88. The van der Waals surface area contributed by atoms with Gasteiger partial charge in [-0.2, -0.15) is 0 Å². The Morgan fingerprint density at radius 1 is 1.44 bits per heavy atom. The Bertz CT molecular complexity index is 666. The van der Waals surface area contributed by atoms with Crippen molar-refractivity contribution in [3.63, 3.8) is 0 Å². The van der Waals surface area contributed by atoms with E-state index in [0.29, 0.717) is 16.8 Å². The highest BCUT2D eigenvalue weighted by Gasteiger charge is 2.06. The van der Waals surface area contributed by atoms with E-state index < -0.39 is 0 Å². The van der Waals surface area contributed by atoms with Crippen LogP contribution >= 0.6 is 27.3 Å². The molecule has 1 aromatic carbocycles. The van der Waals surface area contributed by atoms with Gasteiger partial charge in [-0.3, -0.25) is 4.40 Å². The molecule has 0 spiro atoms. The Morgan fingerprint density at radius 2 is 2.33 bits per heavy atom. The van der Waals surface area contributed by atoms with Crippen molar-refractivity contribution >= 4 is 32.2 Å². The van der Waals surface area contributed by atoms with Crippen molar-refractivity contribution in [1.29, 1.82) is 0 Å². The van der Waals surface area contributed by atoms with E-state index >= 15 is 0 Å². The summed E-state index contributed by atoms with van der Waals surface area (Å²) in [4.78, 5) is 5.34. The van der Waals surface area contributed by atoms with E-state index in [1.165, 1.54) is 12.1 Å². The van der Waals surface area contributed by atoms with Gasteiger partial charge in [-0.25, -0.2) is 9.37 Å². The lowest BCUT2D eigenvalue weighted by Crippen LogP contribution is -1.96. The number of ether oxygens (including phenoxy) is 1. The molecule has 0 saturated heterocycles. The van der Waals surface area contributed by atoms with Crippen molar-refractivity contribution in [2.75, 3.05) is 0 Å². The van der Waals surface area contributed by atoms with Crippen molar-refractivity contribution in [3.05, 3.63) is 52.0 Å². The van der Waals surface area contributed by atoms with E-state index in [4.69, 9.17) is 4.74 Å². The third-order valence-corrected chi connectivity index (χ3v) is 3.80. The highest BCUT2D eigenvalue weighted by molar-refractivity contribution is 9.10. The number of rotatable bonds is 3. The summed E-state index contributed by atoms with van der Waals surface area (Å²) in [5, 5.41) is 1.98. The highest BCUT2D eigenvalue weighted by Crippen LogP contribution is 2.26. The number of imidazole rings is 1. The molecule has 0 atom stereocenters. The molecule has 3 nitrogen and oxygen atoms in total. The molecule has 0 amide bonds. The Labute approximate surface area is 115 Å². The number of nitrogens with zero attached hydrogens (tertiary/aromatic N) is 2. The van der Waals surface area contributed by atoms with Crippen molar-refractivity contribution in [2.45, 2.75) is 6.61 Å². The topological polar surface area (TPSA) is 26.5 Å². The first-order valence-corrected chi connectivity index (χ1v) is 6.88. The minimum atomic E-state index is -0.295. The number of hydrogen-bond acceptors (Lipinski definition) is 3. The van der Waals surface area contributed by atoms with E-state index in [1.807, 2.05) is 22.2 Å². The van der Waals surface area contributed by atoms with Crippen LogP contribution in [0.15, 0.2) is 40.4 Å². The lowest BCUT2D eigenvalue weighted by Gasteiger charge is -2.06. The SMILES string of the molecule is Fc1ccc(OCc2cn3ccsc3n2)c(Br)c1. The third-order valence-electron chi connectivity index (χ3n) is 2.41. The van der Waals surface area contributed by atoms with Gasteiger partial charge in [0.15, 0.2) is 4.96 Å². The maximum absolute atomic E-state index is 12.9. The first-order chi connectivity index (χ1) is 8.72. The molecule has 0 N–H and O–H groups in total. The molecule has 6 heteroatoms. The van der Waals surface area contributed by atoms with Gasteiger partial charge in [-0.05, 0) is 34.1 Å². The van der Waals surface area contributed by atoms with Crippen LogP contribution in [0.5, 0.6) is 5.75 Å². The Balaban J connectivity index is 1.76. The second-order valence-corrected chi connectivity index (χ2v) is 5.42. The number of thiazole rings is 1. The molecule has 2 heterocycles. The average molecular weight is 327 g/mol. The number of benzene rings is 1. The summed E-state index contributed by atoms with van der Waals surface area (Å²) < 4.78 is 21.0. The number of halogens is 2. The fourth-order valence-corrected chi connectivity index (χ4v) is 2.77. The van der Waals surface area contributed by atoms with Crippen molar-refractivity contribution < 1.29 is 9.13 Å². The monoisotopic (exact) mass is 326 g/mol. The summed E-state index contributed by atoms with van der Waals surface area (Å²) in [5.74, 6) is 0.310. The molecule has 0 radical (unpaired) electrons. The fourth-order valence-electron chi connectivity index (χ4n) is 1.59. The molecule has 2 aromatic heterocycles. The van der Waals surface area contributed by atoms with Crippen LogP contribution in [0, 0.1) is 5.82 Å². The van der Waals surface area contributed by atoms with Crippen LogP contribution in [0.4, 0.5) is 4.39 Å². The molecule has 0 bridgehead atoms. The molecule has 0 unspecified atom stereocenters. The van der Waals surface area contributed by atoms with E-state index in [-0.39, 0.29) is 5.82 Å². The smallest absolute Gasteiger partial charge is 0.193 e. The van der Waals surface area contributed by atoms with Crippen LogP contribution in [-0.2, 0) is 6.61 Å². The minimum Gasteiger partial charge on any atom is -0.486 e. The van der Waals surface area contributed by atoms with Crippen molar-refractivity contribution in [1.82, 2.24) is 9.38 Å². The fraction of sp³-hybridized carbons (Fsp3) is 0.0833. The lowest BCUT2D eigenvalue weighted by atomic mass is 10.3. The summed E-state index contributed by atoms with van der Waals surface area (Å²) in [5.41, 5.74) is 0.845. The maximum Gasteiger partial charge on any atom is 0.193 e. The van der Waals surface area contributed by atoms with Crippen molar-refractivity contribution in [3.8, 4) is 5.75 Å². The van der Waals surface area contributed by atoms with Gasteiger partial charge < -0.3 is 4.74 Å². The molecule has 0 fully saturated rings. The molecular formula is C12H8BrFN2OS. The highest BCUT2D eigenvalue weighted by atomic mass is 79.9. The largest absolute Gasteiger partial charge is 0.486 e. The molecular weight excluding hydrogens is 319 g/mol. The molecule has 3 rings (SSSR count). The summed E-state index contributed by atoms with van der Waals surface area (Å²) in [6, 6.07) is 4.34. The van der Waals surface area contributed by atoms with Gasteiger partial charge in [-0.15, -0.1) is 11.3 Å². The molecule has 18 heavy (non-hydrogen) atoms. The van der Waals surface area contributed by atoms with Crippen molar-refractivity contribution in [2.24, 2.45) is 0 Å². The zero-order chi connectivity index (χ0) is 12.5. The summed E-state index contributed by atoms with van der Waals surface area (Å²) in [6.45, 7) is 0.360. The summed E-state index contributed by atoms with van der Waals surface area (Å²) in [7, 11) is 0. The number of fused-ring (bicyclic) bond motifs is 1. The van der Waals surface area contributed by atoms with E-state index in [0.717, 1.165) is 10.7 Å². The summed E-state index contributed by atoms with van der Waals surface area (Å²) >= 11 is 4.83. The quantitative estimate of drug-likeness (QED) is 0.730. The van der Waals surface area contributed by atoms with Gasteiger partial charge in [0.25, 0.3) is 0 Å². The van der Waals surface area contributed by atoms with Gasteiger partial charge in [0.1, 0.15) is 18.2 Å². The zero-order valence-corrected chi connectivity index (χ0v) is 11.5. The maximum atomic E-state index is 12.9. The Kier molecular flexibility index (Phi) is 3.05. The first kappa shape index (κ1) is 11.7. The lowest BCUT2D eigenvalue weighted by molar-refractivity contribution is 0.299. The van der Waals surface area contributed by atoms with Gasteiger partial charge in [0.05, 0.1) is 10.2 Å². The van der Waals surface area contributed by atoms with Crippen LogP contribution in [0.25, 0.3) is 4.96 Å². The molecule has 3 aromatic rings. The van der Waals surface area contributed by atoms with Gasteiger partial charge in [0, 0.05) is 17.8 Å². The van der Waals surface area contributed by atoms with E-state index in [1.54, 1.807) is 17.4 Å². The Hall–Kier alpha value is -1.40.